The van der Waals surface area contributed by atoms with Crippen molar-refractivity contribution >= 4 is 22.3 Å². The number of nitrogens with two attached hydrogens (primary N) is 1. The first-order chi connectivity index (χ1) is 8.36. The molecular weight excluding hydrogens is 214 g/mol. The van der Waals surface area contributed by atoms with Crippen molar-refractivity contribution < 1.29 is 4.84 Å². The highest BCUT2D eigenvalue weighted by atomic mass is 16.7. The zero-order valence-electron chi connectivity index (χ0n) is 9.60. The minimum Gasteiger partial charge on any atom is -0.397 e. The number of nitrogen functional groups attached to an aromatic ring is 1. The van der Waals surface area contributed by atoms with Crippen LogP contribution in [0.15, 0.2) is 30.5 Å². The van der Waals surface area contributed by atoms with Crippen LogP contribution in [0.4, 0.5) is 11.4 Å². The van der Waals surface area contributed by atoms with Crippen molar-refractivity contribution in [1.82, 2.24) is 4.98 Å². The Morgan fingerprint density at radius 3 is 3.00 bits per heavy atom. The van der Waals surface area contributed by atoms with Crippen molar-refractivity contribution in [1.29, 1.82) is 0 Å². The smallest absolute Gasteiger partial charge is 0.0952 e. The molecule has 0 bridgehead atoms. The fourth-order valence-corrected chi connectivity index (χ4v) is 2.19. The molecule has 1 aliphatic heterocycles. The molecule has 17 heavy (non-hydrogen) atoms. The third-order valence-corrected chi connectivity index (χ3v) is 3.05. The average molecular weight is 229 g/mol. The van der Waals surface area contributed by atoms with E-state index in [1.165, 1.54) is 0 Å². The van der Waals surface area contributed by atoms with Gasteiger partial charge >= 0.3 is 0 Å². The van der Waals surface area contributed by atoms with Crippen molar-refractivity contribution in [3.8, 4) is 0 Å². The van der Waals surface area contributed by atoms with E-state index >= 15 is 0 Å². The Bertz CT molecular complexity index is 535. The highest BCUT2D eigenvalue weighted by Crippen LogP contribution is 2.29. The molecular formula is C13H15N3O. The summed E-state index contributed by atoms with van der Waals surface area (Å²) < 4.78 is 0. The molecule has 1 aromatic heterocycles. The second kappa shape index (κ2) is 4.22. The van der Waals surface area contributed by atoms with Crippen LogP contribution in [-0.2, 0) is 4.84 Å². The SMILES string of the molecule is Nc1cccc2c(N3CCCCO3)ccnc12. The molecule has 3 rings (SSSR count). The number of hydrogen-bond donors (Lipinski definition) is 1. The molecule has 88 valence electrons. The lowest BCUT2D eigenvalue weighted by Crippen LogP contribution is -2.29. The lowest BCUT2D eigenvalue weighted by molar-refractivity contribution is 0.0784. The van der Waals surface area contributed by atoms with Gasteiger partial charge in [0.25, 0.3) is 0 Å². The summed E-state index contributed by atoms with van der Waals surface area (Å²) in [6.07, 6.45) is 4.07. The molecule has 2 aromatic rings. The quantitative estimate of drug-likeness (QED) is 0.763. The van der Waals surface area contributed by atoms with Crippen LogP contribution in [0.2, 0.25) is 0 Å². The van der Waals surface area contributed by atoms with E-state index in [-0.39, 0.29) is 0 Å². The van der Waals surface area contributed by atoms with Gasteiger partial charge in [-0.05, 0) is 25.0 Å². The van der Waals surface area contributed by atoms with Gasteiger partial charge in [0, 0.05) is 18.1 Å². The molecule has 0 spiro atoms. The maximum atomic E-state index is 5.93. The van der Waals surface area contributed by atoms with Crippen molar-refractivity contribution in [2.75, 3.05) is 23.9 Å². The molecule has 4 nitrogen and oxygen atoms in total. The van der Waals surface area contributed by atoms with Crippen LogP contribution < -0.4 is 10.8 Å². The number of hydrogen-bond acceptors (Lipinski definition) is 4. The zero-order valence-corrected chi connectivity index (χ0v) is 9.60. The van der Waals surface area contributed by atoms with Gasteiger partial charge in [0.2, 0.25) is 0 Å². The van der Waals surface area contributed by atoms with Crippen LogP contribution in [-0.4, -0.2) is 18.1 Å². The Labute approximate surface area is 100.0 Å². The van der Waals surface area contributed by atoms with E-state index in [1.54, 1.807) is 6.20 Å². The number of benzene rings is 1. The highest BCUT2D eigenvalue weighted by molar-refractivity contribution is 5.97. The molecule has 1 fully saturated rings. The fourth-order valence-electron chi connectivity index (χ4n) is 2.19. The monoisotopic (exact) mass is 229 g/mol. The van der Waals surface area contributed by atoms with Crippen molar-refractivity contribution in [2.24, 2.45) is 0 Å². The Kier molecular flexibility index (Phi) is 2.57. The fraction of sp³-hybridized carbons (Fsp3) is 0.308. The van der Waals surface area contributed by atoms with Crippen molar-refractivity contribution in [2.45, 2.75) is 12.8 Å². The molecule has 0 unspecified atom stereocenters. The molecule has 2 N–H and O–H groups in total. The van der Waals surface area contributed by atoms with Gasteiger partial charge in [0.1, 0.15) is 0 Å². The number of pyridine rings is 1. The molecule has 1 saturated heterocycles. The van der Waals surface area contributed by atoms with Crippen LogP contribution >= 0.6 is 0 Å². The predicted molar refractivity (Wildman–Crippen MR) is 68.7 cm³/mol. The van der Waals surface area contributed by atoms with Gasteiger partial charge in [0.05, 0.1) is 23.5 Å². The van der Waals surface area contributed by atoms with Gasteiger partial charge < -0.3 is 5.73 Å². The lowest BCUT2D eigenvalue weighted by atomic mass is 10.1. The summed E-state index contributed by atoms with van der Waals surface area (Å²) in [4.78, 5) is 10.0. The summed E-state index contributed by atoms with van der Waals surface area (Å²) in [5.41, 5.74) is 8.55. The maximum Gasteiger partial charge on any atom is 0.0952 e. The Morgan fingerprint density at radius 1 is 1.24 bits per heavy atom. The summed E-state index contributed by atoms with van der Waals surface area (Å²) >= 11 is 0. The summed E-state index contributed by atoms with van der Waals surface area (Å²) in [7, 11) is 0. The Hall–Kier alpha value is -1.81. The number of aromatic nitrogens is 1. The van der Waals surface area contributed by atoms with Gasteiger partial charge in [-0.15, -0.1) is 0 Å². The number of fused-ring (bicyclic) bond motifs is 1. The summed E-state index contributed by atoms with van der Waals surface area (Å²) in [6.45, 7) is 1.71. The van der Waals surface area contributed by atoms with E-state index in [1.807, 2.05) is 29.3 Å². The van der Waals surface area contributed by atoms with Crippen LogP contribution in [0.3, 0.4) is 0 Å². The van der Waals surface area contributed by atoms with Gasteiger partial charge in [0.15, 0.2) is 0 Å². The third kappa shape index (κ3) is 1.80. The van der Waals surface area contributed by atoms with E-state index in [4.69, 9.17) is 10.6 Å². The molecule has 0 saturated carbocycles. The molecule has 4 heteroatoms. The molecule has 0 amide bonds. The number of rotatable bonds is 1. The third-order valence-electron chi connectivity index (χ3n) is 3.05. The van der Waals surface area contributed by atoms with Gasteiger partial charge in [-0.2, -0.15) is 0 Å². The first kappa shape index (κ1) is 10.4. The van der Waals surface area contributed by atoms with Crippen LogP contribution in [0.25, 0.3) is 10.9 Å². The minimum atomic E-state index is 0.710. The second-order valence-corrected chi connectivity index (χ2v) is 4.22. The van der Waals surface area contributed by atoms with Gasteiger partial charge in [-0.25, -0.2) is 0 Å². The largest absolute Gasteiger partial charge is 0.397 e. The Balaban J connectivity index is 2.12. The predicted octanol–water partition coefficient (Wildman–Crippen LogP) is 2.35. The average Bonchev–Trinajstić information content (AvgIpc) is 2.40. The number of nitrogens with zero attached hydrogens (tertiary/aromatic N) is 2. The molecule has 0 aliphatic carbocycles. The van der Waals surface area contributed by atoms with Crippen LogP contribution in [0.1, 0.15) is 12.8 Å². The summed E-state index contributed by atoms with van der Waals surface area (Å²) in [6, 6.07) is 7.84. The summed E-state index contributed by atoms with van der Waals surface area (Å²) in [5, 5.41) is 3.00. The van der Waals surface area contributed by atoms with E-state index in [2.05, 4.69) is 4.98 Å². The second-order valence-electron chi connectivity index (χ2n) is 4.22. The summed E-state index contributed by atoms with van der Waals surface area (Å²) in [5.74, 6) is 0. The van der Waals surface area contributed by atoms with Crippen LogP contribution in [0, 0.1) is 0 Å². The first-order valence-electron chi connectivity index (χ1n) is 5.90. The molecule has 2 heterocycles. The zero-order chi connectivity index (χ0) is 11.7. The number of anilines is 2. The topological polar surface area (TPSA) is 51.4 Å². The molecule has 1 aliphatic rings. The van der Waals surface area contributed by atoms with Crippen molar-refractivity contribution in [3.05, 3.63) is 30.5 Å². The lowest BCUT2D eigenvalue weighted by Gasteiger charge is -2.28. The number of hydroxylamine groups is 1. The van der Waals surface area contributed by atoms with E-state index < -0.39 is 0 Å². The molecule has 0 atom stereocenters. The Morgan fingerprint density at radius 2 is 2.18 bits per heavy atom. The number of para-hydroxylation sites is 1. The molecule has 0 radical (unpaired) electrons. The van der Waals surface area contributed by atoms with Crippen molar-refractivity contribution in [3.63, 3.8) is 0 Å². The van der Waals surface area contributed by atoms with E-state index in [0.717, 1.165) is 42.6 Å². The maximum absolute atomic E-state index is 5.93. The highest BCUT2D eigenvalue weighted by Gasteiger charge is 2.15. The normalized spacial score (nSPS) is 16.4. The van der Waals surface area contributed by atoms with Gasteiger partial charge in [-0.3, -0.25) is 14.9 Å². The van der Waals surface area contributed by atoms with E-state index in [0.29, 0.717) is 5.69 Å². The first-order valence-corrected chi connectivity index (χ1v) is 5.90. The molecule has 1 aromatic carbocycles. The van der Waals surface area contributed by atoms with Gasteiger partial charge in [-0.1, -0.05) is 12.1 Å². The standard InChI is InChI=1S/C13H15N3O/c14-11-5-3-4-10-12(6-7-15-13(10)11)16-8-1-2-9-17-16/h3-7H,1-2,8-9,14H2. The van der Waals surface area contributed by atoms with Crippen LogP contribution in [0.5, 0.6) is 0 Å². The van der Waals surface area contributed by atoms with E-state index in [9.17, 15) is 0 Å². The minimum absolute atomic E-state index is 0.710.